The summed E-state index contributed by atoms with van der Waals surface area (Å²) >= 11 is 1.82. The maximum Gasteiger partial charge on any atom is 0.159 e. The first-order valence-electron chi connectivity index (χ1n) is 22.0. The summed E-state index contributed by atoms with van der Waals surface area (Å²) in [5.41, 5.74) is 10.1. The third-order valence-electron chi connectivity index (χ3n) is 13.2. The molecule has 0 bridgehead atoms. The van der Waals surface area contributed by atoms with Crippen molar-refractivity contribution in [2.45, 2.75) is 6.17 Å². The monoisotopic (exact) mass is 848 g/mol. The van der Waals surface area contributed by atoms with E-state index in [-0.39, 0.29) is 0 Å². The van der Waals surface area contributed by atoms with Crippen LogP contribution in [0.2, 0.25) is 0 Å². The van der Waals surface area contributed by atoms with Gasteiger partial charge in [0.2, 0.25) is 0 Å². The van der Waals surface area contributed by atoms with E-state index in [2.05, 4.69) is 210 Å². The molecule has 0 radical (unpaired) electrons. The summed E-state index contributed by atoms with van der Waals surface area (Å²) in [4.78, 5) is 11.1. The molecule has 0 fully saturated rings. The predicted octanol–water partition coefficient (Wildman–Crippen LogP) is 15.5. The molecule has 6 heteroatoms. The highest BCUT2D eigenvalue weighted by Crippen LogP contribution is 2.44. The molecule has 1 atom stereocenters. The Labute approximate surface area is 376 Å². The number of para-hydroxylation sites is 1. The smallest absolute Gasteiger partial charge is 0.159 e. The molecule has 1 unspecified atom stereocenters. The molecule has 1 aliphatic rings. The molecule has 304 valence electrons. The minimum atomic E-state index is -0.418. The van der Waals surface area contributed by atoms with Crippen LogP contribution in [0, 0.1) is 0 Å². The number of fused-ring (bicyclic) bond motifs is 12. The van der Waals surface area contributed by atoms with Crippen LogP contribution in [0.3, 0.4) is 0 Å². The zero-order valence-corrected chi connectivity index (χ0v) is 35.7. The Balaban J connectivity index is 1.07. The number of amidine groups is 2. The topological polar surface area (TPSA) is 54.8 Å². The third-order valence-corrected chi connectivity index (χ3v) is 14.4. The van der Waals surface area contributed by atoms with Crippen molar-refractivity contribution in [2.75, 3.05) is 0 Å². The average Bonchev–Trinajstić information content (AvgIpc) is 4.05. The number of rotatable bonds is 5. The van der Waals surface area contributed by atoms with Crippen LogP contribution >= 0.6 is 11.3 Å². The van der Waals surface area contributed by atoms with Crippen molar-refractivity contribution >= 4 is 108 Å². The van der Waals surface area contributed by atoms with Gasteiger partial charge in [0, 0.05) is 63.8 Å². The van der Waals surface area contributed by atoms with Crippen molar-refractivity contribution in [3.05, 3.63) is 223 Å². The van der Waals surface area contributed by atoms with Gasteiger partial charge in [0.05, 0.1) is 16.7 Å². The summed E-state index contributed by atoms with van der Waals surface area (Å²) in [7, 11) is 0. The molecule has 0 spiro atoms. The molecule has 0 aliphatic carbocycles. The second-order valence-corrected chi connectivity index (χ2v) is 18.0. The molecule has 5 nitrogen and oxygen atoms in total. The standard InChI is InChI=1S/C59H36N4OS/c1-2-14-35(15-3-1)37-19-12-20-40(30-37)57-60-58(62-59(61-57)47-25-13-24-46-44-23-9-11-27-53(44)65-56(46)47)41-32-49-43-22-8-10-26-52(43)64-55(49)51(34-41)63-50-33-39-18-5-4-17-38(39)31-48(50)45-29-28-36-16-6-7-21-42(36)54(45)63/h1-34,59H,(H,60,61,62). The number of hydrogen-bond donors (Lipinski definition) is 1. The Morgan fingerprint density at radius 2 is 1.18 bits per heavy atom. The molecule has 14 rings (SSSR count). The van der Waals surface area contributed by atoms with Crippen molar-refractivity contribution < 1.29 is 4.42 Å². The lowest BCUT2D eigenvalue weighted by molar-refractivity contribution is 0.666. The van der Waals surface area contributed by atoms with Crippen LogP contribution in [-0.2, 0) is 0 Å². The molecule has 0 saturated carbocycles. The van der Waals surface area contributed by atoms with Crippen LogP contribution in [0.4, 0.5) is 0 Å². The Hall–Kier alpha value is -8.32. The molecular formula is C59H36N4OS. The van der Waals surface area contributed by atoms with Gasteiger partial charge < -0.3 is 14.3 Å². The zero-order valence-electron chi connectivity index (χ0n) is 34.9. The molecule has 0 saturated heterocycles. The van der Waals surface area contributed by atoms with E-state index in [0.29, 0.717) is 5.84 Å². The summed E-state index contributed by atoms with van der Waals surface area (Å²) in [6, 6.07) is 73.8. The first-order valence-corrected chi connectivity index (χ1v) is 22.8. The van der Waals surface area contributed by atoms with Crippen LogP contribution < -0.4 is 5.32 Å². The molecule has 13 aromatic rings. The number of hydrogen-bond acceptors (Lipinski definition) is 5. The Morgan fingerprint density at radius 1 is 0.477 bits per heavy atom. The second kappa shape index (κ2) is 14.1. The minimum absolute atomic E-state index is 0.418. The van der Waals surface area contributed by atoms with Gasteiger partial charge in [0.1, 0.15) is 17.6 Å². The van der Waals surface area contributed by atoms with Gasteiger partial charge in [-0.05, 0) is 69.8 Å². The molecule has 10 aromatic carbocycles. The quantitative estimate of drug-likeness (QED) is 0.188. The van der Waals surface area contributed by atoms with Gasteiger partial charge in [0.15, 0.2) is 11.4 Å². The number of aliphatic imine (C=N–C) groups is 2. The third kappa shape index (κ3) is 5.64. The Morgan fingerprint density at radius 3 is 2.08 bits per heavy atom. The van der Waals surface area contributed by atoms with E-state index in [1.165, 1.54) is 52.5 Å². The Kier molecular flexibility index (Phi) is 7.85. The summed E-state index contributed by atoms with van der Waals surface area (Å²) in [6.07, 6.45) is -0.418. The maximum absolute atomic E-state index is 6.95. The van der Waals surface area contributed by atoms with E-state index in [4.69, 9.17) is 14.4 Å². The van der Waals surface area contributed by atoms with Crippen LogP contribution in [0.25, 0.3) is 102 Å². The lowest BCUT2D eigenvalue weighted by Gasteiger charge is -2.24. The van der Waals surface area contributed by atoms with E-state index in [0.717, 1.165) is 72.3 Å². The number of thiophene rings is 1. The normalized spacial score (nSPS) is 14.3. The van der Waals surface area contributed by atoms with Gasteiger partial charge in [-0.3, -0.25) is 0 Å². The summed E-state index contributed by atoms with van der Waals surface area (Å²) in [5, 5.41) is 15.5. The maximum atomic E-state index is 6.95. The highest BCUT2D eigenvalue weighted by atomic mass is 32.1. The molecule has 3 aromatic heterocycles. The average molecular weight is 849 g/mol. The van der Waals surface area contributed by atoms with E-state index in [1.54, 1.807) is 0 Å². The highest BCUT2D eigenvalue weighted by Gasteiger charge is 2.27. The van der Waals surface area contributed by atoms with Crippen LogP contribution in [0.1, 0.15) is 22.9 Å². The van der Waals surface area contributed by atoms with Crippen molar-refractivity contribution in [3.8, 4) is 16.8 Å². The first-order chi connectivity index (χ1) is 32.2. The van der Waals surface area contributed by atoms with E-state index in [9.17, 15) is 0 Å². The van der Waals surface area contributed by atoms with Crippen LogP contribution in [0.5, 0.6) is 0 Å². The molecule has 1 N–H and O–H groups in total. The number of aromatic nitrogens is 1. The van der Waals surface area contributed by atoms with Crippen LogP contribution in [-0.4, -0.2) is 16.2 Å². The summed E-state index contributed by atoms with van der Waals surface area (Å²) in [6.45, 7) is 0. The van der Waals surface area contributed by atoms with Gasteiger partial charge in [-0.2, -0.15) is 0 Å². The van der Waals surface area contributed by atoms with Crippen LogP contribution in [0.15, 0.2) is 221 Å². The fourth-order valence-corrected chi connectivity index (χ4v) is 11.4. The van der Waals surface area contributed by atoms with Gasteiger partial charge in [-0.1, -0.05) is 164 Å². The lowest BCUT2D eigenvalue weighted by atomic mass is 10.0. The van der Waals surface area contributed by atoms with Gasteiger partial charge in [0.25, 0.3) is 0 Å². The fourth-order valence-electron chi connectivity index (χ4n) is 10.2. The molecular weight excluding hydrogens is 813 g/mol. The highest BCUT2D eigenvalue weighted by molar-refractivity contribution is 7.26. The predicted molar refractivity (Wildman–Crippen MR) is 273 cm³/mol. The van der Waals surface area contributed by atoms with Gasteiger partial charge in [-0.15, -0.1) is 11.3 Å². The van der Waals surface area contributed by atoms with Crippen molar-refractivity contribution in [3.63, 3.8) is 0 Å². The van der Waals surface area contributed by atoms with E-state index < -0.39 is 6.17 Å². The molecule has 65 heavy (non-hydrogen) atoms. The molecule has 0 amide bonds. The van der Waals surface area contributed by atoms with Crippen molar-refractivity contribution in [1.82, 2.24) is 9.88 Å². The lowest BCUT2D eigenvalue weighted by Crippen LogP contribution is -2.33. The number of nitrogens with one attached hydrogen (secondary N) is 1. The largest absolute Gasteiger partial charge is 0.454 e. The molecule has 4 heterocycles. The van der Waals surface area contributed by atoms with Crippen molar-refractivity contribution in [2.24, 2.45) is 9.98 Å². The SMILES string of the molecule is c1ccc(-c2cccc(C3=NC(c4cc(-n5c6cc7ccccc7cc6c6ccc7ccccc7c65)c5oc6ccccc6c5c4)=NC(c4cccc5c4sc4ccccc45)N3)c2)cc1. The minimum Gasteiger partial charge on any atom is -0.454 e. The summed E-state index contributed by atoms with van der Waals surface area (Å²) in [5.74, 6) is 1.42. The Bertz CT molecular complexity index is 4170. The summed E-state index contributed by atoms with van der Waals surface area (Å²) < 4.78 is 11.9. The first kappa shape index (κ1) is 36.2. The van der Waals surface area contributed by atoms with Gasteiger partial charge >= 0.3 is 0 Å². The number of furan rings is 1. The fraction of sp³-hybridized carbons (Fsp3) is 0.0169. The number of benzene rings is 10. The zero-order chi connectivity index (χ0) is 42.6. The van der Waals surface area contributed by atoms with Gasteiger partial charge in [-0.25, -0.2) is 9.98 Å². The molecule has 1 aliphatic heterocycles. The number of nitrogens with zero attached hydrogens (tertiary/aromatic N) is 3. The van der Waals surface area contributed by atoms with Crippen molar-refractivity contribution in [1.29, 1.82) is 0 Å². The van der Waals surface area contributed by atoms with E-state index >= 15 is 0 Å². The second-order valence-electron chi connectivity index (χ2n) is 16.9. The van der Waals surface area contributed by atoms with E-state index in [1.807, 2.05) is 17.4 Å².